The highest BCUT2D eigenvalue weighted by Crippen LogP contribution is 2.31. The van der Waals surface area contributed by atoms with Crippen LogP contribution in [0.15, 0.2) is 48.5 Å². The lowest BCUT2D eigenvalue weighted by atomic mass is 10.1. The molecular weight excluding hydrogens is 305 g/mol. The SMILES string of the molecule is Cl.Clc1cc(-c2ccccc2)ccc1OC1CCCNC1. The van der Waals surface area contributed by atoms with Gasteiger partial charge in [0.1, 0.15) is 11.9 Å². The third kappa shape index (κ3) is 4.13. The number of piperidine rings is 1. The molecule has 2 aromatic carbocycles. The summed E-state index contributed by atoms with van der Waals surface area (Å²) < 4.78 is 5.98. The summed E-state index contributed by atoms with van der Waals surface area (Å²) in [6.07, 6.45) is 2.47. The predicted octanol–water partition coefficient (Wildman–Crippen LogP) is 4.56. The van der Waals surface area contributed by atoms with Crippen molar-refractivity contribution in [1.82, 2.24) is 5.32 Å². The topological polar surface area (TPSA) is 21.3 Å². The standard InChI is InChI=1S/C17H18ClNO.ClH/c18-16-11-14(13-5-2-1-3-6-13)8-9-17(16)20-15-7-4-10-19-12-15;/h1-3,5-6,8-9,11,15,19H,4,7,10,12H2;1H. The summed E-state index contributed by atoms with van der Waals surface area (Å²) >= 11 is 6.35. The Morgan fingerprint density at radius 2 is 1.86 bits per heavy atom. The molecule has 0 bridgehead atoms. The van der Waals surface area contributed by atoms with Gasteiger partial charge in [-0.15, -0.1) is 12.4 Å². The van der Waals surface area contributed by atoms with E-state index in [1.165, 1.54) is 5.56 Å². The van der Waals surface area contributed by atoms with Crippen LogP contribution in [0.4, 0.5) is 0 Å². The van der Waals surface area contributed by atoms with Crippen LogP contribution in [0.2, 0.25) is 5.02 Å². The molecule has 1 saturated heterocycles. The average molecular weight is 324 g/mol. The molecule has 112 valence electrons. The van der Waals surface area contributed by atoms with E-state index in [1.54, 1.807) is 0 Å². The van der Waals surface area contributed by atoms with Crippen molar-refractivity contribution in [3.63, 3.8) is 0 Å². The summed E-state index contributed by atoms with van der Waals surface area (Å²) in [6.45, 7) is 1.98. The maximum Gasteiger partial charge on any atom is 0.138 e. The number of halogens is 2. The van der Waals surface area contributed by atoms with Crippen LogP contribution in [0, 0.1) is 0 Å². The minimum Gasteiger partial charge on any atom is -0.488 e. The first-order valence-electron chi connectivity index (χ1n) is 7.05. The molecule has 21 heavy (non-hydrogen) atoms. The highest BCUT2D eigenvalue weighted by Gasteiger charge is 2.16. The largest absolute Gasteiger partial charge is 0.488 e. The third-order valence-corrected chi connectivity index (χ3v) is 3.88. The fourth-order valence-corrected chi connectivity index (χ4v) is 2.73. The molecule has 0 amide bonds. The van der Waals surface area contributed by atoms with Crippen LogP contribution >= 0.6 is 24.0 Å². The second-order valence-electron chi connectivity index (χ2n) is 5.10. The molecule has 0 radical (unpaired) electrons. The number of nitrogens with one attached hydrogen (secondary N) is 1. The quantitative estimate of drug-likeness (QED) is 0.894. The van der Waals surface area contributed by atoms with Gasteiger partial charge in [-0.25, -0.2) is 0 Å². The van der Waals surface area contributed by atoms with Gasteiger partial charge in [-0.05, 0) is 42.6 Å². The first-order chi connectivity index (χ1) is 9.83. The molecule has 0 spiro atoms. The van der Waals surface area contributed by atoms with E-state index >= 15 is 0 Å². The van der Waals surface area contributed by atoms with E-state index in [0.29, 0.717) is 5.02 Å². The van der Waals surface area contributed by atoms with Crippen LogP contribution in [0.1, 0.15) is 12.8 Å². The van der Waals surface area contributed by atoms with Gasteiger partial charge in [0.2, 0.25) is 0 Å². The predicted molar refractivity (Wildman–Crippen MR) is 90.7 cm³/mol. The lowest BCUT2D eigenvalue weighted by molar-refractivity contribution is 0.167. The first-order valence-corrected chi connectivity index (χ1v) is 7.43. The zero-order valence-corrected chi connectivity index (χ0v) is 13.3. The van der Waals surface area contributed by atoms with E-state index in [0.717, 1.165) is 37.2 Å². The van der Waals surface area contributed by atoms with Crippen LogP contribution in [-0.2, 0) is 0 Å². The van der Waals surface area contributed by atoms with Gasteiger partial charge in [0.15, 0.2) is 0 Å². The molecule has 2 aromatic rings. The van der Waals surface area contributed by atoms with Gasteiger partial charge in [-0.1, -0.05) is 48.0 Å². The Bertz CT molecular complexity index is 568. The second-order valence-corrected chi connectivity index (χ2v) is 5.50. The molecule has 1 N–H and O–H groups in total. The molecule has 1 aliphatic rings. The van der Waals surface area contributed by atoms with Crippen molar-refractivity contribution >= 4 is 24.0 Å². The van der Waals surface area contributed by atoms with Crippen molar-refractivity contribution < 1.29 is 4.74 Å². The number of benzene rings is 2. The van der Waals surface area contributed by atoms with Crippen LogP contribution in [-0.4, -0.2) is 19.2 Å². The fourth-order valence-electron chi connectivity index (χ4n) is 2.51. The lowest BCUT2D eigenvalue weighted by Gasteiger charge is -2.24. The summed E-state index contributed by atoms with van der Waals surface area (Å²) in [7, 11) is 0. The molecule has 0 aromatic heterocycles. The second kappa shape index (κ2) is 7.69. The smallest absolute Gasteiger partial charge is 0.138 e. The van der Waals surface area contributed by atoms with Gasteiger partial charge in [-0.3, -0.25) is 0 Å². The number of ether oxygens (including phenoxy) is 1. The molecule has 2 nitrogen and oxygen atoms in total. The van der Waals surface area contributed by atoms with E-state index < -0.39 is 0 Å². The van der Waals surface area contributed by atoms with Crippen molar-refractivity contribution in [2.75, 3.05) is 13.1 Å². The molecule has 1 fully saturated rings. The van der Waals surface area contributed by atoms with E-state index in [9.17, 15) is 0 Å². The number of rotatable bonds is 3. The monoisotopic (exact) mass is 323 g/mol. The summed E-state index contributed by atoms with van der Waals surface area (Å²) in [4.78, 5) is 0. The van der Waals surface area contributed by atoms with Crippen LogP contribution in [0.5, 0.6) is 5.75 Å². The summed E-state index contributed by atoms with van der Waals surface area (Å²) in [6, 6.07) is 16.2. The molecule has 3 rings (SSSR count). The normalized spacial score (nSPS) is 17.9. The summed E-state index contributed by atoms with van der Waals surface area (Å²) in [5.74, 6) is 0.778. The minimum absolute atomic E-state index is 0. The molecule has 1 atom stereocenters. The first kappa shape index (κ1) is 16.2. The number of hydrogen-bond acceptors (Lipinski definition) is 2. The lowest BCUT2D eigenvalue weighted by Crippen LogP contribution is -2.37. The van der Waals surface area contributed by atoms with Crippen LogP contribution in [0.3, 0.4) is 0 Å². The molecule has 4 heteroatoms. The molecule has 1 heterocycles. The third-order valence-electron chi connectivity index (χ3n) is 3.58. The molecule has 0 saturated carbocycles. The van der Waals surface area contributed by atoms with E-state index in [4.69, 9.17) is 16.3 Å². The maximum absolute atomic E-state index is 6.35. The van der Waals surface area contributed by atoms with Gasteiger partial charge in [0, 0.05) is 6.54 Å². The van der Waals surface area contributed by atoms with Gasteiger partial charge in [0.05, 0.1) is 5.02 Å². The zero-order valence-electron chi connectivity index (χ0n) is 11.7. The Morgan fingerprint density at radius 3 is 2.52 bits per heavy atom. The Kier molecular flexibility index (Phi) is 5.92. The molecule has 1 aliphatic heterocycles. The highest BCUT2D eigenvalue weighted by molar-refractivity contribution is 6.32. The Labute approximate surface area is 136 Å². The fraction of sp³-hybridized carbons (Fsp3) is 0.294. The molecule has 1 unspecified atom stereocenters. The van der Waals surface area contributed by atoms with Crippen molar-refractivity contribution in [2.24, 2.45) is 0 Å². The Hall–Kier alpha value is -1.22. The van der Waals surface area contributed by atoms with E-state index in [1.807, 2.05) is 30.3 Å². The minimum atomic E-state index is 0. The molecule has 0 aliphatic carbocycles. The van der Waals surface area contributed by atoms with Crippen molar-refractivity contribution in [3.8, 4) is 16.9 Å². The van der Waals surface area contributed by atoms with Gasteiger partial charge in [0.25, 0.3) is 0 Å². The van der Waals surface area contributed by atoms with Crippen molar-refractivity contribution in [2.45, 2.75) is 18.9 Å². The summed E-state index contributed by atoms with van der Waals surface area (Å²) in [5, 5.41) is 4.02. The van der Waals surface area contributed by atoms with E-state index in [2.05, 4.69) is 23.5 Å². The maximum atomic E-state index is 6.35. The highest BCUT2D eigenvalue weighted by atomic mass is 35.5. The van der Waals surface area contributed by atoms with Crippen molar-refractivity contribution in [1.29, 1.82) is 0 Å². The van der Waals surface area contributed by atoms with Gasteiger partial charge < -0.3 is 10.1 Å². The van der Waals surface area contributed by atoms with Gasteiger partial charge >= 0.3 is 0 Å². The summed E-state index contributed by atoms with van der Waals surface area (Å²) in [5.41, 5.74) is 2.28. The van der Waals surface area contributed by atoms with Crippen molar-refractivity contribution in [3.05, 3.63) is 53.6 Å². The average Bonchev–Trinajstić information content (AvgIpc) is 2.51. The van der Waals surface area contributed by atoms with E-state index in [-0.39, 0.29) is 18.5 Å². The zero-order chi connectivity index (χ0) is 13.8. The number of hydrogen-bond donors (Lipinski definition) is 1. The Balaban J connectivity index is 0.00000161. The molecular formula is C17H19Cl2NO. The van der Waals surface area contributed by atoms with Crippen LogP contribution < -0.4 is 10.1 Å². The Morgan fingerprint density at radius 1 is 1.05 bits per heavy atom. The van der Waals surface area contributed by atoms with Gasteiger partial charge in [-0.2, -0.15) is 0 Å². The van der Waals surface area contributed by atoms with Crippen LogP contribution in [0.25, 0.3) is 11.1 Å².